The van der Waals surface area contributed by atoms with Crippen LogP contribution in [0.15, 0.2) is 137 Å². The molecule has 1 aromatic heterocycles. The van der Waals surface area contributed by atoms with E-state index < -0.39 is 34.6 Å². The quantitative estimate of drug-likeness (QED) is 0.192. The molecule has 0 aliphatic carbocycles. The first kappa shape index (κ1) is 29.5. The molecule has 46 heavy (non-hydrogen) atoms. The highest BCUT2D eigenvalue weighted by Gasteiger charge is 2.63. The number of methoxy groups -OCH3 is 1. The molecule has 7 rings (SSSR count). The van der Waals surface area contributed by atoms with Gasteiger partial charge in [-0.05, 0) is 41.0 Å². The van der Waals surface area contributed by atoms with Gasteiger partial charge in [0.15, 0.2) is 5.72 Å². The number of aromatic nitrogens is 2. The largest absolute Gasteiger partial charge is 0.497 e. The molecule has 9 nitrogen and oxygen atoms in total. The molecule has 2 saturated heterocycles. The van der Waals surface area contributed by atoms with Gasteiger partial charge in [0, 0.05) is 31.3 Å². The smallest absolute Gasteiger partial charge is 0.338 e. The van der Waals surface area contributed by atoms with Gasteiger partial charge >= 0.3 is 11.7 Å². The van der Waals surface area contributed by atoms with Crippen LogP contribution in [0.3, 0.4) is 0 Å². The molecule has 0 radical (unpaired) electrons. The Morgan fingerprint density at radius 2 is 1.43 bits per heavy atom. The number of aromatic amines is 1. The molecular weight excluding hydrogens is 582 g/mol. The second kappa shape index (κ2) is 11.9. The van der Waals surface area contributed by atoms with E-state index in [9.17, 15) is 14.4 Å². The van der Waals surface area contributed by atoms with E-state index in [4.69, 9.17) is 14.2 Å². The van der Waals surface area contributed by atoms with E-state index in [1.807, 2.05) is 54.6 Å². The van der Waals surface area contributed by atoms with Crippen molar-refractivity contribution in [1.82, 2.24) is 14.5 Å². The van der Waals surface area contributed by atoms with Crippen LogP contribution in [-0.2, 0) is 20.7 Å². The van der Waals surface area contributed by atoms with Crippen molar-refractivity contribution < 1.29 is 19.0 Å². The molecule has 0 saturated carbocycles. The minimum atomic E-state index is -1.14. The Morgan fingerprint density at radius 3 is 2.02 bits per heavy atom. The molecule has 0 spiro atoms. The van der Waals surface area contributed by atoms with E-state index in [0.717, 1.165) is 22.4 Å². The molecule has 9 heteroatoms. The second-order valence-corrected chi connectivity index (χ2v) is 11.6. The van der Waals surface area contributed by atoms with E-state index in [0.29, 0.717) is 18.5 Å². The molecular formula is C37H33N3O6. The van der Waals surface area contributed by atoms with Crippen molar-refractivity contribution in [3.63, 3.8) is 0 Å². The van der Waals surface area contributed by atoms with Crippen LogP contribution >= 0.6 is 0 Å². The van der Waals surface area contributed by atoms with E-state index in [2.05, 4.69) is 46.3 Å². The number of rotatable bonds is 9. The SMILES string of the molecule is COc1ccc(C(c2ccccc2)(c2ccccc2)N2C[C@]3(n4ccc(=O)[nH]c4=O)C[C@@H]2[C@@H](COC(=O)c2ccccc2)O3)cc1. The van der Waals surface area contributed by atoms with Crippen molar-refractivity contribution in [3.05, 3.63) is 171 Å². The number of esters is 1. The molecule has 1 N–H and O–H groups in total. The molecule has 3 atom stereocenters. The summed E-state index contributed by atoms with van der Waals surface area (Å²) in [6.07, 6.45) is 1.31. The van der Waals surface area contributed by atoms with Crippen molar-refractivity contribution in [2.24, 2.45) is 0 Å². The van der Waals surface area contributed by atoms with Gasteiger partial charge in [-0.15, -0.1) is 0 Å². The van der Waals surface area contributed by atoms with Gasteiger partial charge < -0.3 is 14.2 Å². The maximum absolute atomic E-state index is 13.3. The number of ether oxygens (including phenoxy) is 3. The highest BCUT2D eigenvalue weighted by molar-refractivity contribution is 5.89. The average molecular weight is 616 g/mol. The number of nitrogens with zero attached hydrogens (tertiary/aromatic N) is 2. The Hall–Kier alpha value is -5.25. The summed E-state index contributed by atoms with van der Waals surface area (Å²) >= 11 is 0. The summed E-state index contributed by atoms with van der Waals surface area (Å²) in [5, 5.41) is 0. The first-order valence-electron chi connectivity index (χ1n) is 15.2. The second-order valence-electron chi connectivity index (χ2n) is 11.6. The van der Waals surface area contributed by atoms with Crippen LogP contribution in [0.25, 0.3) is 0 Å². The number of hydrogen-bond donors (Lipinski definition) is 1. The summed E-state index contributed by atoms with van der Waals surface area (Å²) < 4.78 is 19.6. The Morgan fingerprint density at radius 1 is 0.848 bits per heavy atom. The van der Waals surface area contributed by atoms with Crippen molar-refractivity contribution in [1.29, 1.82) is 0 Å². The third-order valence-electron chi connectivity index (χ3n) is 9.12. The summed E-state index contributed by atoms with van der Waals surface area (Å²) in [5.74, 6) is 0.272. The van der Waals surface area contributed by atoms with Crippen LogP contribution in [-0.4, -0.2) is 52.8 Å². The first-order valence-corrected chi connectivity index (χ1v) is 15.2. The number of morpholine rings is 1. The number of fused-ring (bicyclic) bond motifs is 2. The zero-order valence-electron chi connectivity index (χ0n) is 25.2. The van der Waals surface area contributed by atoms with Crippen LogP contribution in [0, 0.1) is 0 Å². The lowest BCUT2D eigenvalue weighted by molar-refractivity contribution is -0.166. The van der Waals surface area contributed by atoms with Crippen LogP contribution in [0.2, 0.25) is 0 Å². The Kier molecular flexibility index (Phi) is 7.64. The zero-order chi connectivity index (χ0) is 31.7. The monoisotopic (exact) mass is 615 g/mol. The third kappa shape index (κ3) is 4.94. The number of carbonyl (C=O) groups is 1. The van der Waals surface area contributed by atoms with Gasteiger partial charge in [-0.3, -0.25) is 19.2 Å². The number of nitrogens with one attached hydrogen (secondary N) is 1. The van der Waals surface area contributed by atoms with Gasteiger partial charge in [0.1, 0.15) is 18.5 Å². The van der Waals surface area contributed by atoms with Crippen molar-refractivity contribution in [3.8, 4) is 5.75 Å². The fourth-order valence-electron chi connectivity index (χ4n) is 7.15. The van der Waals surface area contributed by atoms with Gasteiger partial charge in [0.05, 0.1) is 18.2 Å². The van der Waals surface area contributed by atoms with Crippen LogP contribution in [0.4, 0.5) is 0 Å². The summed E-state index contributed by atoms with van der Waals surface area (Å²) in [4.78, 5) is 43.2. The van der Waals surface area contributed by atoms with E-state index in [1.54, 1.807) is 31.4 Å². The Balaban J connectivity index is 1.40. The summed E-state index contributed by atoms with van der Waals surface area (Å²) in [6.45, 7) is 0.277. The van der Waals surface area contributed by atoms with E-state index in [1.165, 1.54) is 16.8 Å². The van der Waals surface area contributed by atoms with Gasteiger partial charge in [-0.2, -0.15) is 0 Å². The number of hydrogen-bond acceptors (Lipinski definition) is 7. The number of benzene rings is 4. The lowest BCUT2D eigenvalue weighted by atomic mass is 9.74. The number of H-pyrrole nitrogens is 1. The maximum atomic E-state index is 13.3. The van der Waals surface area contributed by atoms with Crippen LogP contribution < -0.4 is 16.0 Å². The zero-order valence-corrected chi connectivity index (χ0v) is 25.2. The fourth-order valence-corrected chi connectivity index (χ4v) is 7.15. The molecule has 232 valence electrons. The Bertz CT molecular complexity index is 1900. The average Bonchev–Trinajstić information content (AvgIpc) is 3.66. The van der Waals surface area contributed by atoms with Gasteiger partial charge in [-0.25, -0.2) is 9.59 Å². The molecule has 2 fully saturated rings. The van der Waals surface area contributed by atoms with Crippen molar-refractivity contribution in [2.75, 3.05) is 20.3 Å². The highest BCUT2D eigenvalue weighted by atomic mass is 16.6. The van der Waals surface area contributed by atoms with Gasteiger partial charge in [0.2, 0.25) is 0 Å². The molecule has 3 heterocycles. The first-order chi connectivity index (χ1) is 22.4. The van der Waals surface area contributed by atoms with Gasteiger partial charge in [0.25, 0.3) is 5.56 Å². The Labute approximate surface area is 265 Å². The molecule has 4 aromatic carbocycles. The van der Waals surface area contributed by atoms with Crippen molar-refractivity contribution >= 4 is 5.97 Å². The van der Waals surface area contributed by atoms with Crippen LogP contribution in [0.5, 0.6) is 5.75 Å². The van der Waals surface area contributed by atoms with Crippen molar-refractivity contribution in [2.45, 2.75) is 29.8 Å². The minimum absolute atomic E-state index is 0.0307. The fraction of sp³-hybridized carbons (Fsp3) is 0.216. The number of carbonyl (C=O) groups excluding carboxylic acids is 1. The number of likely N-dealkylation sites (tertiary alicyclic amines) is 1. The minimum Gasteiger partial charge on any atom is -0.497 e. The lowest BCUT2D eigenvalue weighted by Crippen LogP contribution is -2.60. The standard InChI is InChI=1S/C37H33N3O6/c1-44-30-19-17-29(18-20-30)37(27-13-7-3-8-14-27,28-15-9-4-10-16-28)40-25-36(39-22-21-33(41)38-35(39)43)23-31(40)32(46-36)24-45-34(42)26-11-5-2-6-12-26/h2-22,31-32H,23-25H2,1H3,(H,38,41,43)/t31-,32-,36+/m1/s1. The third-order valence-corrected chi connectivity index (χ3v) is 9.12. The van der Waals surface area contributed by atoms with E-state index in [-0.39, 0.29) is 12.6 Å². The predicted octanol–water partition coefficient (Wildman–Crippen LogP) is 4.52. The normalized spacial score (nSPS) is 20.8. The molecule has 2 aliphatic rings. The predicted molar refractivity (Wildman–Crippen MR) is 172 cm³/mol. The lowest BCUT2D eigenvalue weighted by Gasteiger charge is -2.50. The van der Waals surface area contributed by atoms with Gasteiger partial charge in [-0.1, -0.05) is 91.0 Å². The van der Waals surface area contributed by atoms with E-state index >= 15 is 0 Å². The molecule has 5 aromatic rings. The highest BCUT2D eigenvalue weighted by Crippen LogP contribution is 2.54. The molecule has 0 amide bonds. The maximum Gasteiger partial charge on any atom is 0.338 e. The molecule has 2 bridgehead atoms. The summed E-state index contributed by atoms with van der Waals surface area (Å²) in [6, 6.07) is 38.3. The summed E-state index contributed by atoms with van der Waals surface area (Å²) in [5.41, 5.74) is 0.416. The summed E-state index contributed by atoms with van der Waals surface area (Å²) in [7, 11) is 1.64. The molecule has 2 aliphatic heterocycles. The topological polar surface area (TPSA) is 103 Å². The molecule has 0 unspecified atom stereocenters. The van der Waals surface area contributed by atoms with Crippen LogP contribution in [0.1, 0.15) is 33.5 Å².